The quantitative estimate of drug-likeness (QED) is 0.732. The molecule has 0 bridgehead atoms. The lowest BCUT2D eigenvalue weighted by atomic mass is 10.2. The summed E-state index contributed by atoms with van der Waals surface area (Å²) < 4.78 is 1.54. The molecule has 0 unspecified atom stereocenters. The van der Waals surface area contributed by atoms with E-state index in [0.717, 1.165) is 11.3 Å². The fourth-order valence-electron chi connectivity index (χ4n) is 1.43. The van der Waals surface area contributed by atoms with Gasteiger partial charge < -0.3 is 0 Å². The highest BCUT2D eigenvalue weighted by Crippen LogP contribution is 2.14. The number of nitrogens with zero attached hydrogens (tertiary/aromatic N) is 2. The summed E-state index contributed by atoms with van der Waals surface area (Å²) >= 11 is 5.72. The van der Waals surface area contributed by atoms with E-state index in [0.29, 0.717) is 5.15 Å². The monoisotopic (exact) mass is 211 g/mol. The first-order valence-electron chi connectivity index (χ1n) is 4.36. The normalized spacial score (nSPS) is 11.4. The van der Waals surface area contributed by atoms with Gasteiger partial charge in [-0.05, 0) is 6.07 Å². The van der Waals surface area contributed by atoms with Crippen LogP contribution in [-0.4, -0.2) is 14.4 Å². The minimum Gasteiger partial charge on any atom is -0.297 e. The molecule has 0 fully saturated rings. The standard InChI is InChI=1S/C9H10ClN3O/c1-5(2)8-11-4-6-3-7(10)12-9(14)13(6)8/h3-5H,1-2H3,(H,12,14). The van der Waals surface area contributed by atoms with E-state index >= 15 is 0 Å². The molecule has 0 aliphatic carbocycles. The van der Waals surface area contributed by atoms with Gasteiger partial charge in [0.2, 0.25) is 0 Å². The lowest BCUT2D eigenvalue weighted by Crippen LogP contribution is -2.18. The molecule has 5 heteroatoms. The van der Waals surface area contributed by atoms with Gasteiger partial charge in [-0.2, -0.15) is 0 Å². The van der Waals surface area contributed by atoms with Crippen molar-refractivity contribution in [3.63, 3.8) is 0 Å². The van der Waals surface area contributed by atoms with Crippen LogP contribution in [0.25, 0.3) is 5.52 Å². The molecule has 14 heavy (non-hydrogen) atoms. The van der Waals surface area contributed by atoms with Crippen molar-refractivity contribution < 1.29 is 0 Å². The highest BCUT2D eigenvalue weighted by Gasteiger charge is 2.10. The maximum Gasteiger partial charge on any atom is 0.332 e. The van der Waals surface area contributed by atoms with Crippen LogP contribution < -0.4 is 5.69 Å². The van der Waals surface area contributed by atoms with Crippen molar-refractivity contribution in [2.45, 2.75) is 19.8 Å². The maximum absolute atomic E-state index is 11.6. The van der Waals surface area contributed by atoms with Gasteiger partial charge in [-0.1, -0.05) is 25.4 Å². The van der Waals surface area contributed by atoms with Gasteiger partial charge in [0, 0.05) is 5.92 Å². The first kappa shape index (κ1) is 9.27. The van der Waals surface area contributed by atoms with Gasteiger partial charge in [-0.3, -0.25) is 4.98 Å². The number of halogens is 1. The summed E-state index contributed by atoms with van der Waals surface area (Å²) in [6.07, 6.45) is 1.65. The lowest BCUT2D eigenvalue weighted by Gasteiger charge is -2.02. The molecule has 0 aliphatic heterocycles. The molecule has 74 valence electrons. The van der Waals surface area contributed by atoms with Crippen LogP contribution in [0.15, 0.2) is 17.1 Å². The molecule has 0 aromatic carbocycles. The molecule has 0 atom stereocenters. The molecule has 0 amide bonds. The van der Waals surface area contributed by atoms with Crippen LogP contribution in [-0.2, 0) is 0 Å². The predicted octanol–water partition coefficient (Wildman–Crippen LogP) is 1.80. The fourth-order valence-corrected chi connectivity index (χ4v) is 1.63. The Labute approximate surface area is 85.5 Å². The van der Waals surface area contributed by atoms with E-state index in [1.165, 1.54) is 4.40 Å². The van der Waals surface area contributed by atoms with E-state index < -0.39 is 0 Å². The first-order valence-corrected chi connectivity index (χ1v) is 4.73. The number of nitrogens with one attached hydrogen (secondary N) is 1. The smallest absolute Gasteiger partial charge is 0.297 e. The number of hydrogen-bond donors (Lipinski definition) is 1. The number of imidazole rings is 1. The minimum atomic E-state index is -0.242. The Morgan fingerprint density at radius 3 is 2.93 bits per heavy atom. The molecule has 2 heterocycles. The number of aromatic nitrogens is 3. The summed E-state index contributed by atoms with van der Waals surface area (Å²) in [6, 6.07) is 1.68. The Kier molecular flexibility index (Phi) is 2.07. The fraction of sp³-hybridized carbons (Fsp3) is 0.333. The summed E-state index contributed by atoms with van der Waals surface area (Å²) in [5.41, 5.74) is 0.483. The number of hydrogen-bond acceptors (Lipinski definition) is 2. The predicted molar refractivity (Wildman–Crippen MR) is 54.9 cm³/mol. The van der Waals surface area contributed by atoms with E-state index in [4.69, 9.17) is 11.6 Å². The molecule has 4 nitrogen and oxygen atoms in total. The molecular weight excluding hydrogens is 202 g/mol. The van der Waals surface area contributed by atoms with Gasteiger partial charge >= 0.3 is 5.69 Å². The summed E-state index contributed by atoms with van der Waals surface area (Å²) in [4.78, 5) is 18.3. The van der Waals surface area contributed by atoms with Gasteiger partial charge in [0.25, 0.3) is 0 Å². The third-order valence-corrected chi connectivity index (χ3v) is 2.24. The molecular formula is C9H10ClN3O. The third-order valence-electron chi connectivity index (χ3n) is 2.04. The zero-order chi connectivity index (χ0) is 10.3. The summed E-state index contributed by atoms with van der Waals surface area (Å²) in [6.45, 7) is 3.98. The molecule has 2 aromatic heterocycles. The van der Waals surface area contributed by atoms with Crippen LogP contribution in [0.4, 0.5) is 0 Å². The van der Waals surface area contributed by atoms with Crippen LogP contribution >= 0.6 is 11.6 Å². The second-order valence-corrected chi connectivity index (χ2v) is 3.86. The average Bonchev–Trinajstić information content (AvgIpc) is 2.47. The van der Waals surface area contributed by atoms with Crippen molar-refractivity contribution in [1.29, 1.82) is 0 Å². The van der Waals surface area contributed by atoms with E-state index in [-0.39, 0.29) is 11.6 Å². The van der Waals surface area contributed by atoms with Gasteiger partial charge in [-0.15, -0.1) is 0 Å². The van der Waals surface area contributed by atoms with Gasteiger partial charge in [-0.25, -0.2) is 14.2 Å². The highest BCUT2D eigenvalue weighted by molar-refractivity contribution is 6.29. The zero-order valence-electron chi connectivity index (χ0n) is 7.91. The highest BCUT2D eigenvalue weighted by atomic mass is 35.5. The van der Waals surface area contributed by atoms with E-state index in [9.17, 15) is 4.79 Å². The second kappa shape index (κ2) is 3.13. The first-order chi connectivity index (χ1) is 6.59. The molecule has 2 rings (SSSR count). The molecule has 0 aliphatic rings. The largest absolute Gasteiger partial charge is 0.332 e. The topological polar surface area (TPSA) is 50.2 Å². The van der Waals surface area contributed by atoms with Crippen molar-refractivity contribution in [3.05, 3.63) is 33.7 Å². The van der Waals surface area contributed by atoms with Crippen LogP contribution in [0.3, 0.4) is 0 Å². The van der Waals surface area contributed by atoms with Crippen molar-refractivity contribution >= 4 is 17.1 Å². The van der Waals surface area contributed by atoms with E-state index in [2.05, 4.69) is 9.97 Å². The lowest BCUT2D eigenvalue weighted by molar-refractivity contribution is 0.752. The molecule has 0 spiro atoms. The third kappa shape index (κ3) is 1.32. The van der Waals surface area contributed by atoms with Gasteiger partial charge in [0.05, 0.1) is 11.7 Å². The Hall–Kier alpha value is -1.29. The summed E-state index contributed by atoms with van der Waals surface area (Å²) in [5.74, 6) is 0.956. The maximum atomic E-state index is 11.6. The Balaban J connectivity index is 2.86. The average molecular weight is 212 g/mol. The number of fused-ring (bicyclic) bond motifs is 1. The van der Waals surface area contributed by atoms with Crippen LogP contribution in [0.5, 0.6) is 0 Å². The molecule has 2 aromatic rings. The van der Waals surface area contributed by atoms with Crippen molar-refractivity contribution in [2.24, 2.45) is 0 Å². The van der Waals surface area contributed by atoms with Crippen molar-refractivity contribution in [1.82, 2.24) is 14.4 Å². The SMILES string of the molecule is CC(C)c1ncc2cc(Cl)[nH]c(=O)n12. The number of aromatic amines is 1. The van der Waals surface area contributed by atoms with Crippen molar-refractivity contribution in [3.8, 4) is 0 Å². The van der Waals surface area contributed by atoms with Gasteiger partial charge in [0.15, 0.2) is 0 Å². The van der Waals surface area contributed by atoms with E-state index in [1.807, 2.05) is 13.8 Å². The second-order valence-electron chi connectivity index (χ2n) is 3.45. The minimum absolute atomic E-state index is 0.208. The molecule has 0 radical (unpaired) electrons. The number of H-pyrrole nitrogens is 1. The van der Waals surface area contributed by atoms with E-state index in [1.54, 1.807) is 12.3 Å². The Morgan fingerprint density at radius 1 is 1.57 bits per heavy atom. The van der Waals surface area contributed by atoms with Crippen LogP contribution in [0, 0.1) is 0 Å². The summed E-state index contributed by atoms with van der Waals surface area (Å²) in [7, 11) is 0. The molecule has 0 saturated carbocycles. The Bertz CT molecular complexity index is 526. The Morgan fingerprint density at radius 2 is 2.29 bits per heavy atom. The van der Waals surface area contributed by atoms with Crippen LogP contribution in [0.1, 0.15) is 25.6 Å². The zero-order valence-corrected chi connectivity index (χ0v) is 8.67. The molecule has 0 saturated heterocycles. The number of rotatable bonds is 1. The van der Waals surface area contributed by atoms with Crippen molar-refractivity contribution in [2.75, 3.05) is 0 Å². The molecule has 1 N–H and O–H groups in total. The van der Waals surface area contributed by atoms with Gasteiger partial charge in [0.1, 0.15) is 11.0 Å². The van der Waals surface area contributed by atoms with Crippen LogP contribution in [0.2, 0.25) is 5.15 Å². The summed E-state index contributed by atoms with van der Waals surface area (Å²) in [5, 5.41) is 0.331.